The third-order valence-electron chi connectivity index (χ3n) is 5.97. The molecule has 2 aromatic rings. The van der Waals surface area contributed by atoms with E-state index < -0.39 is 5.82 Å². The van der Waals surface area contributed by atoms with Gasteiger partial charge in [-0.05, 0) is 30.9 Å². The van der Waals surface area contributed by atoms with E-state index in [1.165, 1.54) is 12.1 Å². The smallest absolute Gasteiger partial charge is 0.228 e. The summed E-state index contributed by atoms with van der Waals surface area (Å²) in [6.45, 7) is 3.36. The number of hydrogen-bond donors (Lipinski definition) is 0. The van der Waals surface area contributed by atoms with Crippen molar-refractivity contribution in [2.24, 2.45) is 11.8 Å². The molecule has 2 amide bonds. The first-order valence-corrected chi connectivity index (χ1v) is 9.85. The number of fused-ring (bicyclic) bond motifs is 1. The average Bonchev–Trinajstić information content (AvgIpc) is 3.00. The van der Waals surface area contributed by atoms with Crippen LogP contribution in [0.4, 0.5) is 4.39 Å². The molecule has 29 heavy (non-hydrogen) atoms. The minimum Gasteiger partial charge on any atom is -0.425 e. The fraction of sp³-hybridized carbons (Fsp3) is 0.550. The van der Waals surface area contributed by atoms with E-state index in [2.05, 4.69) is 15.2 Å². The van der Waals surface area contributed by atoms with E-state index in [4.69, 9.17) is 4.42 Å². The van der Waals surface area contributed by atoms with Crippen LogP contribution in [0.3, 0.4) is 0 Å². The second-order valence-corrected chi connectivity index (χ2v) is 7.86. The van der Waals surface area contributed by atoms with Crippen molar-refractivity contribution in [3.8, 4) is 0 Å². The standard InChI is InChI=1S/C20H24FN5O3/c1-12-23-24-19(29-12)17-11-25(2)20(28)16-6-8-26(7-5-15(16)17)18(27)9-14-4-3-13(21)10-22-14/h3-4,10,15-17H,5-9,11H2,1-2H3/t15-,16+,17?/m1/s1. The molecule has 0 bridgehead atoms. The molecule has 154 valence electrons. The van der Waals surface area contributed by atoms with Crippen LogP contribution in [0.5, 0.6) is 0 Å². The lowest BCUT2D eigenvalue weighted by Gasteiger charge is -2.39. The number of likely N-dealkylation sites (tertiary alicyclic amines) is 2. The number of halogens is 1. The van der Waals surface area contributed by atoms with Crippen LogP contribution in [0.25, 0.3) is 0 Å². The maximum atomic E-state index is 13.0. The van der Waals surface area contributed by atoms with E-state index in [1.54, 1.807) is 23.8 Å². The summed E-state index contributed by atoms with van der Waals surface area (Å²) in [6, 6.07) is 2.83. The molecule has 0 N–H and O–H groups in total. The monoisotopic (exact) mass is 401 g/mol. The van der Waals surface area contributed by atoms with Crippen molar-refractivity contribution in [3.63, 3.8) is 0 Å². The Kier molecular flexibility index (Phi) is 5.29. The molecule has 2 aliphatic heterocycles. The Morgan fingerprint density at radius 3 is 2.72 bits per heavy atom. The minimum absolute atomic E-state index is 0.0299. The number of rotatable bonds is 3. The molecule has 0 aromatic carbocycles. The van der Waals surface area contributed by atoms with Gasteiger partial charge in [0.05, 0.1) is 18.5 Å². The molecule has 2 fully saturated rings. The van der Waals surface area contributed by atoms with Crippen LogP contribution >= 0.6 is 0 Å². The van der Waals surface area contributed by atoms with Crippen molar-refractivity contribution in [1.29, 1.82) is 0 Å². The maximum absolute atomic E-state index is 13.0. The van der Waals surface area contributed by atoms with Crippen molar-refractivity contribution in [3.05, 3.63) is 41.6 Å². The predicted molar refractivity (Wildman–Crippen MR) is 100 cm³/mol. The third-order valence-corrected chi connectivity index (χ3v) is 5.97. The molecule has 9 heteroatoms. The van der Waals surface area contributed by atoms with Gasteiger partial charge >= 0.3 is 0 Å². The summed E-state index contributed by atoms with van der Waals surface area (Å²) in [5, 5.41) is 8.14. The van der Waals surface area contributed by atoms with Gasteiger partial charge in [-0.1, -0.05) is 0 Å². The van der Waals surface area contributed by atoms with Gasteiger partial charge < -0.3 is 14.2 Å². The van der Waals surface area contributed by atoms with Crippen molar-refractivity contribution >= 4 is 11.8 Å². The highest BCUT2D eigenvalue weighted by molar-refractivity contribution is 5.81. The van der Waals surface area contributed by atoms with Gasteiger partial charge in [0.15, 0.2) is 0 Å². The topological polar surface area (TPSA) is 92.4 Å². The average molecular weight is 401 g/mol. The number of nitrogens with zero attached hydrogens (tertiary/aromatic N) is 5. The Balaban J connectivity index is 1.49. The summed E-state index contributed by atoms with van der Waals surface area (Å²) in [4.78, 5) is 33.1. The molecule has 0 aliphatic carbocycles. The zero-order valence-electron chi connectivity index (χ0n) is 16.5. The quantitative estimate of drug-likeness (QED) is 0.775. The van der Waals surface area contributed by atoms with Gasteiger partial charge in [-0.25, -0.2) is 4.39 Å². The molecule has 3 atom stereocenters. The van der Waals surface area contributed by atoms with E-state index in [-0.39, 0.29) is 36.0 Å². The Morgan fingerprint density at radius 1 is 1.24 bits per heavy atom. The van der Waals surface area contributed by atoms with Crippen LogP contribution in [0, 0.1) is 24.6 Å². The summed E-state index contributed by atoms with van der Waals surface area (Å²) in [6.07, 6.45) is 2.53. The van der Waals surface area contributed by atoms with Crippen molar-refractivity contribution in [2.75, 3.05) is 26.7 Å². The van der Waals surface area contributed by atoms with Crippen molar-refractivity contribution in [2.45, 2.75) is 32.1 Å². The van der Waals surface area contributed by atoms with Crippen LogP contribution in [-0.2, 0) is 16.0 Å². The van der Waals surface area contributed by atoms with Gasteiger partial charge in [0, 0.05) is 45.2 Å². The molecule has 0 saturated carbocycles. The lowest BCUT2D eigenvalue weighted by atomic mass is 9.74. The second kappa shape index (κ2) is 7.88. The van der Waals surface area contributed by atoms with Crippen molar-refractivity contribution < 1.29 is 18.4 Å². The van der Waals surface area contributed by atoms with Crippen LogP contribution in [0.1, 0.15) is 36.2 Å². The highest BCUT2D eigenvalue weighted by Gasteiger charge is 2.45. The van der Waals surface area contributed by atoms with Gasteiger partial charge in [0.25, 0.3) is 0 Å². The van der Waals surface area contributed by atoms with Gasteiger partial charge in [-0.15, -0.1) is 10.2 Å². The first kappa shape index (κ1) is 19.5. The number of aromatic nitrogens is 3. The normalized spacial score (nSPS) is 24.9. The summed E-state index contributed by atoms with van der Waals surface area (Å²) >= 11 is 0. The van der Waals surface area contributed by atoms with E-state index >= 15 is 0 Å². The molecular formula is C20H24FN5O3. The molecular weight excluding hydrogens is 377 g/mol. The molecule has 4 heterocycles. The SMILES string of the molecule is Cc1nnc(C2CN(C)C(=O)[C@H]3CCN(C(=O)Cc4ccc(F)cn4)CC[C@@H]23)o1. The number of carbonyl (C=O) groups excluding carboxylic acids is 2. The van der Waals surface area contributed by atoms with E-state index in [9.17, 15) is 14.0 Å². The van der Waals surface area contributed by atoms with Crippen LogP contribution < -0.4 is 0 Å². The molecule has 0 radical (unpaired) electrons. The Labute approximate surface area is 168 Å². The maximum Gasteiger partial charge on any atom is 0.228 e. The number of piperidine rings is 1. The molecule has 8 nitrogen and oxygen atoms in total. The van der Waals surface area contributed by atoms with Gasteiger partial charge in [-0.3, -0.25) is 14.6 Å². The van der Waals surface area contributed by atoms with Gasteiger partial charge in [-0.2, -0.15) is 0 Å². The lowest BCUT2D eigenvalue weighted by molar-refractivity contribution is -0.141. The Bertz CT molecular complexity index is 900. The number of amides is 2. The highest BCUT2D eigenvalue weighted by atomic mass is 19.1. The van der Waals surface area contributed by atoms with E-state index in [0.717, 1.165) is 6.20 Å². The van der Waals surface area contributed by atoms with Crippen molar-refractivity contribution in [1.82, 2.24) is 25.0 Å². The first-order valence-electron chi connectivity index (χ1n) is 9.85. The number of likely N-dealkylation sites (N-methyl/N-ethyl adjacent to an activating group) is 1. The van der Waals surface area contributed by atoms with Crippen LogP contribution in [0.2, 0.25) is 0 Å². The number of hydrogen-bond acceptors (Lipinski definition) is 6. The summed E-state index contributed by atoms with van der Waals surface area (Å²) in [7, 11) is 1.79. The predicted octanol–water partition coefficient (Wildman–Crippen LogP) is 1.57. The van der Waals surface area contributed by atoms with Gasteiger partial charge in [0.1, 0.15) is 5.82 Å². The molecule has 2 saturated heterocycles. The molecule has 2 aliphatic rings. The fourth-order valence-electron chi connectivity index (χ4n) is 4.47. The Morgan fingerprint density at radius 2 is 2.03 bits per heavy atom. The van der Waals surface area contributed by atoms with Gasteiger partial charge in [0.2, 0.25) is 23.6 Å². The summed E-state index contributed by atoms with van der Waals surface area (Å²) < 4.78 is 18.7. The third kappa shape index (κ3) is 3.99. The zero-order chi connectivity index (χ0) is 20.5. The number of carbonyl (C=O) groups is 2. The molecule has 1 unspecified atom stereocenters. The largest absolute Gasteiger partial charge is 0.425 e. The molecule has 2 aromatic heterocycles. The highest BCUT2D eigenvalue weighted by Crippen LogP contribution is 2.41. The van der Waals surface area contributed by atoms with E-state index in [0.29, 0.717) is 50.0 Å². The number of pyridine rings is 1. The lowest BCUT2D eigenvalue weighted by Crippen LogP contribution is -2.47. The first-order chi connectivity index (χ1) is 13.9. The Hall–Kier alpha value is -2.84. The van der Waals surface area contributed by atoms with Crippen LogP contribution in [-0.4, -0.2) is 63.5 Å². The second-order valence-electron chi connectivity index (χ2n) is 7.86. The fourth-order valence-corrected chi connectivity index (χ4v) is 4.47. The number of aryl methyl sites for hydroxylation is 1. The molecule has 4 rings (SSSR count). The zero-order valence-corrected chi connectivity index (χ0v) is 16.5. The van der Waals surface area contributed by atoms with E-state index in [1.807, 2.05) is 0 Å². The summed E-state index contributed by atoms with van der Waals surface area (Å²) in [5.74, 6) is 0.543. The van der Waals surface area contributed by atoms with Crippen LogP contribution in [0.15, 0.2) is 22.7 Å². The summed E-state index contributed by atoms with van der Waals surface area (Å²) in [5.41, 5.74) is 0.535. The minimum atomic E-state index is -0.426. The molecule has 0 spiro atoms.